The van der Waals surface area contributed by atoms with Gasteiger partial charge in [0.05, 0.1) is 19.1 Å². The summed E-state index contributed by atoms with van der Waals surface area (Å²) in [7, 11) is 0. The van der Waals surface area contributed by atoms with Gasteiger partial charge in [-0.05, 0) is 48.6 Å². The Labute approximate surface area is 234 Å². The van der Waals surface area contributed by atoms with Gasteiger partial charge in [-0.1, -0.05) is 38.1 Å². The number of benzene rings is 2. The van der Waals surface area contributed by atoms with Crippen molar-refractivity contribution < 1.29 is 33.8 Å². The summed E-state index contributed by atoms with van der Waals surface area (Å²) in [5.41, 5.74) is 2.49. The lowest BCUT2D eigenvalue weighted by molar-refractivity contribution is -0.188. The molecule has 0 bridgehead atoms. The number of hydroxylamine groups is 2. The summed E-state index contributed by atoms with van der Waals surface area (Å²) in [6.45, 7) is 6.31. The van der Waals surface area contributed by atoms with Crippen molar-refractivity contribution in [1.29, 1.82) is 0 Å². The average molecular weight is 552 g/mol. The number of rotatable bonds is 12. The highest BCUT2D eigenvalue weighted by molar-refractivity contribution is 5.98. The van der Waals surface area contributed by atoms with Crippen LogP contribution in [-0.4, -0.2) is 83.4 Å². The van der Waals surface area contributed by atoms with E-state index in [1.807, 2.05) is 55.1 Å². The monoisotopic (exact) mass is 551 g/mol. The molecule has 5 rings (SSSR count). The first-order valence-electron chi connectivity index (χ1n) is 14.1. The van der Waals surface area contributed by atoms with E-state index in [0.29, 0.717) is 56.3 Å². The fourth-order valence-corrected chi connectivity index (χ4v) is 6.04. The SMILES string of the molecule is CCCON(CCC)C(=O)CN1CC(c2ccc3c(c2)OCO3)C(C(=O)O)C1CCN1Cc2ccccc2C1=O. The Morgan fingerprint density at radius 3 is 2.65 bits per heavy atom. The topological polar surface area (TPSA) is 109 Å². The minimum Gasteiger partial charge on any atom is -0.481 e. The van der Waals surface area contributed by atoms with E-state index >= 15 is 0 Å². The maximum absolute atomic E-state index is 13.4. The molecule has 0 radical (unpaired) electrons. The zero-order valence-corrected chi connectivity index (χ0v) is 23.1. The molecule has 0 aliphatic carbocycles. The summed E-state index contributed by atoms with van der Waals surface area (Å²) in [5, 5.41) is 11.9. The molecule has 1 saturated heterocycles. The van der Waals surface area contributed by atoms with Crippen LogP contribution < -0.4 is 9.47 Å². The first-order chi connectivity index (χ1) is 19.4. The molecule has 0 saturated carbocycles. The predicted octanol–water partition coefficient (Wildman–Crippen LogP) is 3.51. The molecule has 2 aromatic carbocycles. The minimum atomic E-state index is -0.925. The van der Waals surface area contributed by atoms with E-state index in [0.717, 1.165) is 24.0 Å². The zero-order chi connectivity index (χ0) is 28.2. The van der Waals surface area contributed by atoms with E-state index < -0.39 is 17.9 Å². The number of carbonyl (C=O) groups is 3. The fraction of sp³-hybridized carbons (Fsp3) is 0.500. The Morgan fingerprint density at radius 1 is 1.10 bits per heavy atom. The van der Waals surface area contributed by atoms with Gasteiger partial charge in [0.1, 0.15) is 0 Å². The van der Waals surface area contributed by atoms with E-state index in [9.17, 15) is 19.5 Å². The summed E-state index contributed by atoms with van der Waals surface area (Å²) in [6.07, 6.45) is 1.95. The van der Waals surface area contributed by atoms with E-state index in [1.54, 1.807) is 11.0 Å². The Kier molecular flexibility index (Phi) is 8.56. The smallest absolute Gasteiger partial charge is 0.308 e. The molecule has 2 aromatic rings. The van der Waals surface area contributed by atoms with Gasteiger partial charge in [0, 0.05) is 43.7 Å². The molecule has 1 fully saturated rings. The second-order valence-electron chi connectivity index (χ2n) is 10.6. The molecule has 3 unspecified atom stereocenters. The van der Waals surface area contributed by atoms with Crippen molar-refractivity contribution in [2.24, 2.45) is 5.92 Å². The van der Waals surface area contributed by atoms with Crippen LogP contribution in [0.3, 0.4) is 0 Å². The number of aliphatic carboxylic acids is 1. The first kappa shape index (κ1) is 27.9. The zero-order valence-electron chi connectivity index (χ0n) is 23.1. The molecule has 0 aromatic heterocycles. The molecule has 10 nitrogen and oxygen atoms in total. The highest BCUT2D eigenvalue weighted by Gasteiger charge is 2.47. The van der Waals surface area contributed by atoms with Crippen molar-refractivity contribution in [1.82, 2.24) is 14.9 Å². The number of hydrogen-bond donors (Lipinski definition) is 1. The van der Waals surface area contributed by atoms with E-state index in [1.165, 1.54) is 5.06 Å². The van der Waals surface area contributed by atoms with Crippen molar-refractivity contribution in [3.05, 3.63) is 59.2 Å². The molecule has 1 N–H and O–H groups in total. The van der Waals surface area contributed by atoms with Crippen LogP contribution in [0.4, 0.5) is 0 Å². The van der Waals surface area contributed by atoms with Gasteiger partial charge in [0.25, 0.3) is 11.8 Å². The lowest BCUT2D eigenvalue weighted by atomic mass is 9.84. The van der Waals surface area contributed by atoms with Gasteiger partial charge < -0.3 is 19.5 Å². The van der Waals surface area contributed by atoms with Crippen molar-refractivity contribution in [3.8, 4) is 11.5 Å². The fourth-order valence-electron chi connectivity index (χ4n) is 6.04. The third-order valence-corrected chi connectivity index (χ3v) is 7.94. The van der Waals surface area contributed by atoms with Crippen LogP contribution in [0.1, 0.15) is 60.5 Å². The van der Waals surface area contributed by atoms with Crippen molar-refractivity contribution >= 4 is 17.8 Å². The maximum Gasteiger partial charge on any atom is 0.308 e. The quantitative estimate of drug-likeness (QED) is 0.399. The van der Waals surface area contributed by atoms with Crippen LogP contribution in [0, 0.1) is 5.92 Å². The van der Waals surface area contributed by atoms with E-state index in [2.05, 4.69) is 0 Å². The molecular weight excluding hydrogens is 514 g/mol. The number of hydrogen-bond acceptors (Lipinski definition) is 7. The van der Waals surface area contributed by atoms with E-state index in [4.69, 9.17) is 14.3 Å². The van der Waals surface area contributed by atoms with Gasteiger partial charge >= 0.3 is 5.97 Å². The summed E-state index contributed by atoms with van der Waals surface area (Å²) in [5.74, 6) is -1.08. The second kappa shape index (κ2) is 12.3. The molecule has 3 atom stereocenters. The molecule has 10 heteroatoms. The first-order valence-corrected chi connectivity index (χ1v) is 14.1. The summed E-state index contributed by atoms with van der Waals surface area (Å²) in [4.78, 5) is 48.7. The normalized spacial score (nSPS) is 21.6. The Bertz CT molecular complexity index is 1250. The van der Waals surface area contributed by atoms with Gasteiger partial charge in [0.15, 0.2) is 11.5 Å². The number of carboxylic acids is 1. The van der Waals surface area contributed by atoms with E-state index in [-0.39, 0.29) is 31.1 Å². The van der Waals surface area contributed by atoms with Gasteiger partial charge in [0.2, 0.25) is 6.79 Å². The molecule has 2 amide bonds. The minimum absolute atomic E-state index is 0.0351. The molecular formula is C30H37N3O7. The van der Waals surface area contributed by atoms with Crippen molar-refractivity contribution in [3.63, 3.8) is 0 Å². The van der Waals surface area contributed by atoms with Crippen molar-refractivity contribution in [2.75, 3.05) is 39.6 Å². The molecule has 40 heavy (non-hydrogen) atoms. The Balaban J connectivity index is 1.39. The lowest BCUT2D eigenvalue weighted by Gasteiger charge is -2.30. The molecule has 3 aliphatic heterocycles. The summed E-state index contributed by atoms with van der Waals surface area (Å²) >= 11 is 0. The number of likely N-dealkylation sites (tertiary alicyclic amines) is 1. The van der Waals surface area contributed by atoms with Gasteiger partial charge in [-0.3, -0.25) is 24.1 Å². The van der Waals surface area contributed by atoms with Crippen LogP contribution in [0.15, 0.2) is 42.5 Å². The van der Waals surface area contributed by atoms with Crippen LogP contribution >= 0.6 is 0 Å². The number of carboxylic acid groups (broad SMARTS) is 1. The number of carbonyl (C=O) groups excluding carboxylic acids is 2. The highest BCUT2D eigenvalue weighted by atomic mass is 16.7. The third kappa shape index (κ3) is 5.64. The molecule has 214 valence electrons. The standard InChI is InChI=1S/C30H37N3O7/c1-3-12-33(40-14-4-2)27(34)18-32-17-23(20-9-10-25-26(15-20)39-19-38-25)28(30(36)37)24(32)11-13-31-16-21-7-5-6-8-22(21)29(31)35/h5-10,15,23-24,28H,3-4,11-14,16-19H2,1-2H3,(H,36,37). The van der Waals surface area contributed by atoms with Gasteiger partial charge in [-0.15, -0.1) is 0 Å². The molecule has 3 aliphatic rings. The number of amides is 2. The second-order valence-corrected chi connectivity index (χ2v) is 10.6. The van der Waals surface area contributed by atoms with Crippen molar-refractivity contribution in [2.45, 2.75) is 51.6 Å². The highest BCUT2D eigenvalue weighted by Crippen LogP contribution is 2.43. The van der Waals surface area contributed by atoms with Crippen LogP contribution in [0.25, 0.3) is 0 Å². The Morgan fingerprint density at radius 2 is 1.90 bits per heavy atom. The number of fused-ring (bicyclic) bond motifs is 2. The van der Waals surface area contributed by atoms with Crippen LogP contribution in [0.2, 0.25) is 0 Å². The Hall–Kier alpha value is -3.63. The summed E-state index contributed by atoms with van der Waals surface area (Å²) < 4.78 is 11.0. The van der Waals surface area contributed by atoms with Gasteiger partial charge in [-0.25, -0.2) is 5.06 Å². The lowest BCUT2D eigenvalue weighted by Crippen LogP contribution is -2.45. The molecule has 0 spiro atoms. The van der Waals surface area contributed by atoms with Gasteiger partial charge in [-0.2, -0.15) is 0 Å². The average Bonchev–Trinajstić information content (AvgIpc) is 3.65. The van der Waals surface area contributed by atoms with Crippen LogP contribution in [0.5, 0.6) is 11.5 Å². The molecule has 3 heterocycles. The van der Waals surface area contributed by atoms with Crippen LogP contribution in [-0.2, 0) is 21.0 Å². The summed E-state index contributed by atoms with van der Waals surface area (Å²) in [6, 6.07) is 12.6. The largest absolute Gasteiger partial charge is 0.481 e. The third-order valence-electron chi connectivity index (χ3n) is 7.94. The number of nitrogens with zero attached hydrogens (tertiary/aromatic N) is 3. The maximum atomic E-state index is 13.4. The predicted molar refractivity (Wildman–Crippen MR) is 146 cm³/mol. The number of ether oxygens (including phenoxy) is 2.